The van der Waals surface area contributed by atoms with Gasteiger partial charge in [-0.3, -0.25) is 9.48 Å². The van der Waals surface area contributed by atoms with Crippen LogP contribution < -0.4 is 5.56 Å². The van der Waals surface area contributed by atoms with Gasteiger partial charge in [0.25, 0.3) is 5.56 Å². The molecule has 2 aromatic heterocycles. The lowest BCUT2D eigenvalue weighted by Crippen LogP contribution is -2.26. The molecule has 0 saturated carbocycles. The van der Waals surface area contributed by atoms with Crippen LogP contribution in [0.25, 0.3) is 11.0 Å². The third-order valence-electron chi connectivity index (χ3n) is 3.67. The van der Waals surface area contributed by atoms with E-state index in [0.717, 1.165) is 16.8 Å². The second kappa shape index (κ2) is 5.73. The highest BCUT2D eigenvalue weighted by Gasteiger charge is 2.30. The maximum atomic E-state index is 12.8. The number of rotatable bonds is 3. The number of alkyl halides is 3. The second-order valence-corrected chi connectivity index (χ2v) is 5.35. The molecule has 6 nitrogen and oxygen atoms in total. The molecule has 3 rings (SSSR count). The van der Waals surface area contributed by atoms with Gasteiger partial charge in [-0.15, -0.1) is 5.10 Å². The Morgan fingerprint density at radius 1 is 1.21 bits per heavy atom. The minimum absolute atomic E-state index is 0.0976. The molecule has 0 aliphatic heterocycles. The largest absolute Gasteiger partial charge is 0.416 e. The third-order valence-corrected chi connectivity index (χ3v) is 3.67. The second-order valence-electron chi connectivity index (χ2n) is 5.35. The van der Waals surface area contributed by atoms with E-state index in [0.29, 0.717) is 28.8 Å². The van der Waals surface area contributed by atoms with Crippen molar-refractivity contribution in [2.24, 2.45) is 0 Å². The number of nitrogens with zero attached hydrogens (tertiary/aromatic N) is 5. The van der Waals surface area contributed by atoms with Crippen LogP contribution in [0.5, 0.6) is 0 Å². The number of aryl methyl sites for hydroxylation is 2. The van der Waals surface area contributed by atoms with E-state index in [9.17, 15) is 18.0 Å². The van der Waals surface area contributed by atoms with Crippen LogP contribution in [0.15, 0.2) is 29.1 Å². The van der Waals surface area contributed by atoms with Crippen molar-refractivity contribution < 1.29 is 13.2 Å². The van der Waals surface area contributed by atoms with Crippen LogP contribution in [0.3, 0.4) is 0 Å². The first-order chi connectivity index (χ1) is 11.3. The normalized spacial score (nSPS) is 12.0. The Labute approximate surface area is 134 Å². The third kappa shape index (κ3) is 2.77. The topological polar surface area (TPSA) is 65.6 Å². The number of benzene rings is 1. The van der Waals surface area contributed by atoms with E-state index < -0.39 is 17.3 Å². The van der Waals surface area contributed by atoms with Crippen molar-refractivity contribution in [3.63, 3.8) is 0 Å². The van der Waals surface area contributed by atoms with Crippen molar-refractivity contribution in [2.45, 2.75) is 33.1 Å². The average molecular weight is 337 g/mol. The molecule has 3 aromatic rings. The van der Waals surface area contributed by atoms with Gasteiger partial charge in [-0.1, -0.05) is 17.3 Å². The Kier molecular flexibility index (Phi) is 3.86. The fourth-order valence-electron chi connectivity index (χ4n) is 2.52. The lowest BCUT2D eigenvalue weighted by Gasteiger charge is -2.09. The smallest absolute Gasteiger partial charge is 0.265 e. The van der Waals surface area contributed by atoms with E-state index in [4.69, 9.17) is 0 Å². The molecule has 0 aliphatic carbocycles. The Morgan fingerprint density at radius 2 is 1.96 bits per heavy atom. The predicted octanol–water partition coefficient (Wildman–Crippen LogP) is 2.38. The van der Waals surface area contributed by atoms with Crippen LogP contribution in [0.2, 0.25) is 0 Å². The first kappa shape index (κ1) is 16.2. The van der Waals surface area contributed by atoms with Crippen LogP contribution in [0, 0.1) is 6.92 Å². The molecule has 126 valence electrons. The van der Waals surface area contributed by atoms with Crippen LogP contribution in [-0.4, -0.2) is 24.8 Å². The average Bonchev–Trinajstić information content (AvgIpc) is 2.86. The van der Waals surface area contributed by atoms with E-state index in [-0.39, 0.29) is 6.54 Å². The Bertz CT molecular complexity index is 958. The molecule has 0 fully saturated rings. The summed E-state index contributed by atoms with van der Waals surface area (Å²) in [4.78, 5) is 12.6. The van der Waals surface area contributed by atoms with Gasteiger partial charge in [-0.25, -0.2) is 4.68 Å². The first-order valence-corrected chi connectivity index (χ1v) is 7.28. The van der Waals surface area contributed by atoms with Gasteiger partial charge in [-0.2, -0.15) is 18.3 Å². The summed E-state index contributed by atoms with van der Waals surface area (Å²) in [6.45, 7) is 3.94. The minimum atomic E-state index is -4.44. The number of halogens is 3. The molecule has 0 radical (unpaired) electrons. The van der Waals surface area contributed by atoms with Crippen LogP contribution in [0.1, 0.15) is 23.7 Å². The molecule has 0 aliphatic rings. The summed E-state index contributed by atoms with van der Waals surface area (Å²) in [7, 11) is 0. The summed E-state index contributed by atoms with van der Waals surface area (Å²) in [6.07, 6.45) is -4.44. The molecule has 0 spiro atoms. The van der Waals surface area contributed by atoms with Crippen LogP contribution >= 0.6 is 0 Å². The molecule has 0 unspecified atom stereocenters. The summed E-state index contributed by atoms with van der Waals surface area (Å²) >= 11 is 0. The van der Waals surface area contributed by atoms with Crippen molar-refractivity contribution in [3.8, 4) is 0 Å². The summed E-state index contributed by atoms with van der Waals surface area (Å²) in [6, 6.07) is 4.79. The van der Waals surface area contributed by atoms with E-state index in [2.05, 4.69) is 15.4 Å². The van der Waals surface area contributed by atoms with E-state index in [1.54, 1.807) is 6.92 Å². The summed E-state index contributed by atoms with van der Waals surface area (Å²) in [5, 5.41) is 12.0. The van der Waals surface area contributed by atoms with Gasteiger partial charge >= 0.3 is 6.18 Å². The molecule has 2 heterocycles. The lowest BCUT2D eigenvalue weighted by molar-refractivity contribution is -0.137. The molecule has 1 aromatic carbocycles. The van der Waals surface area contributed by atoms with Crippen LogP contribution in [0.4, 0.5) is 13.2 Å². The molecule has 24 heavy (non-hydrogen) atoms. The summed E-state index contributed by atoms with van der Waals surface area (Å²) in [5.74, 6) is 0. The standard InChI is InChI=1S/C15H14F3N5O/c1-3-22-13-12(9(2)20-22)19-21-23(14(13)24)8-10-5-4-6-11(7-10)15(16,17)18/h4-7H,3,8H2,1-2H3. The van der Waals surface area contributed by atoms with Crippen molar-refractivity contribution in [1.29, 1.82) is 0 Å². The van der Waals surface area contributed by atoms with Crippen molar-refractivity contribution in [1.82, 2.24) is 24.8 Å². The van der Waals surface area contributed by atoms with E-state index >= 15 is 0 Å². The van der Waals surface area contributed by atoms with Gasteiger partial charge in [0, 0.05) is 6.54 Å². The Hall–Kier alpha value is -2.71. The molecule has 0 amide bonds. The Balaban J connectivity index is 2.05. The predicted molar refractivity (Wildman–Crippen MR) is 80.5 cm³/mol. The maximum Gasteiger partial charge on any atom is 0.416 e. The zero-order chi connectivity index (χ0) is 17.5. The van der Waals surface area contributed by atoms with Gasteiger partial charge in [-0.05, 0) is 31.5 Å². The number of fused-ring (bicyclic) bond motifs is 1. The highest BCUT2D eigenvalue weighted by molar-refractivity contribution is 5.75. The first-order valence-electron chi connectivity index (χ1n) is 7.28. The van der Waals surface area contributed by atoms with Gasteiger partial charge in [0.05, 0.1) is 17.8 Å². The summed E-state index contributed by atoms with van der Waals surface area (Å²) < 4.78 is 40.9. The number of hydrogen-bond acceptors (Lipinski definition) is 4. The minimum Gasteiger partial charge on any atom is -0.265 e. The zero-order valence-electron chi connectivity index (χ0n) is 13.0. The van der Waals surface area contributed by atoms with Crippen molar-refractivity contribution >= 4 is 11.0 Å². The highest BCUT2D eigenvalue weighted by atomic mass is 19.4. The fraction of sp³-hybridized carbons (Fsp3) is 0.333. The SMILES string of the molecule is CCn1nc(C)c2nnn(Cc3cccc(C(F)(F)F)c3)c(=O)c21. The molecule has 0 N–H and O–H groups in total. The van der Waals surface area contributed by atoms with E-state index in [1.165, 1.54) is 16.8 Å². The molecule has 0 bridgehead atoms. The van der Waals surface area contributed by atoms with Crippen molar-refractivity contribution in [2.75, 3.05) is 0 Å². The van der Waals surface area contributed by atoms with Crippen LogP contribution in [-0.2, 0) is 19.3 Å². The lowest BCUT2D eigenvalue weighted by atomic mass is 10.1. The van der Waals surface area contributed by atoms with Gasteiger partial charge in [0.1, 0.15) is 5.52 Å². The Morgan fingerprint density at radius 3 is 2.62 bits per heavy atom. The quantitative estimate of drug-likeness (QED) is 0.736. The molecular formula is C15H14F3N5O. The molecule has 0 atom stereocenters. The van der Waals surface area contributed by atoms with Gasteiger partial charge in [0.15, 0.2) is 5.52 Å². The zero-order valence-corrected chi connectivity index (χ0v) is 13.0. The molecular weight excluding hydrogens is 323 g/mol. The van der Waals surface area contributed by atoms with Gasteiger partial charge in [0.2, 0.25) is 0 Å². The molecule has 9 heteroatoms. The van der Waals surface area contributed by atoms with Gasteiger partial charge < -0.3 is 0 Å². The number of hydrogen-bond donors (Lipinski definition) is 0. The molecule has 0 saturated heterocycles. The highest BCUT2D eigenvalue weighted by Crippen LogP contribution is 2.29. The van der Waals surface area contributed by atoms with E-state index in [1.807, 2.05) is 6.92 Å². The number of aromatic nitrogens is 5. The van der Waals surface area contributed by atoms with Crippen molar-refractivity contribution in [3.05, 3.63) is 51.4 Å². The fourth-order valence-corrected chi connectivity index (χ4v) is 2.52. The maximum absolute atomic E-state index is 12.8. The summed E-state index contributed by atoms with van der Waals surface area (Å²) in [5.41, 5.74) is 0.415. The monoisotopic (exact) mass is 337 g/mol.